The van der Waals surface area contributed by atoms with Crippen LogP contribution in [0, 0.1) is 0 Å². The fourth-order valence-electron chi connectivity index (χ4n) is 5.84. The predicted molar refractivity (Wildman–Crippen MR) is 176 cm³/mol. The standard InChI is InChI=1S/C37H47NO5S/c1-37(2,3)43-36(39)38-24-32(40-25-28-16-8-4-9-17-28)33(41-26-29-18-10-5-11-19-29)34(42-27-30-20-12-6-13-21-30)35(38)44-31-22-14-7-15-23-31/h4-6,8-13,16-21,31-35H,7,14-15,22-27H2,1-3H3/t32-,33-,34+,35-/m1/s1. The van der Waals surface area contributed by atoms with Crippen LogP contribution in [0.25, 0.3) is 0 Å². The summed E-state index contributed by atoms with van der Waals surface area (Å²) < 4.78 is 26.3. The van der Waals surface area contributed by atoms with Crippen LogP contribution < -0.4 is 0 Å². The normalized spacial score (nSPS) is 22.9. The molecule has 0 unspecified atom stereocenters. The number of ether oxygens (including phenoxy) is 4. The molecule has 1 saturated carbocycles. The van der Waals surface area contributed by atoms with Crippen molar-refractivity contribution in [3.63, 3.8) is 0 Å². The summed E-state index contributed by atoms with van der Waals surface area (Å²) in [5, 5.41) is 0.159. The van der Waals surface area contributed by atoms with Crippen LogP contribution in [-0.4, -0.2) is 52.1 Å². The molecule has 6 nitrogen and oxygen atoms in total. The molecule has 3 aromatic carbocycles. The van der Waals surface area contributed by atoms with Crippen LogP contribution in [0.3, 0.4) is 0 Å². The Hall–Kier alpha value is -2.84. The Balaban J connectivity index is 1.49. The van der Waals surface area contributed by atoms with Crippen molar-refractivity contribution in [3.05, 3.63) is 108 Å². The maximum Gasteiger partial charge on any atom is 0.411 e. The van der Waals surface area contributed by atoms with Crippen LogP contribution in [0.2, 0.25) is 0 Å². The Bertz CT molecular complexity index is 1260. The number of hydrogen-bond donors (Lipinski definition) is 0. The van der Waals surface area contributed by atoms with Gasteiger partial charge in [-0.15, -0.1) is 11.8 Å². The van der Waals surface area contributed by atoms with Gasteiger partial charge in [0.25, 0.3) is 0 Å². The number of carbonyl (C=O) groups excluding carboxylic acids is 1. The second-order valence-corrected chi connectivity index (χ2v) is 14.2. The molecule has 0 aromatic heterocycles. The van der Waals surface area contributed by atoms with Crippen molar-refractivity contribution in [2.24, 2.45) is 0 Å². The number of hydrogen-bond acceptors (Lipinski definition) is 6. The number of thioether (sulfide) groups is 1. The molecule has 44 heavy (non-hydrogen) atoms. The van der Waals surface area contributed by atoms with Crippen molar-refractivity contribution in [1.29, 1.82) is 0 Å². The van der Waals surface area contributed by atoms with E-state index in [1.165, 1.54) is 19.3 Å². The molecule has 236 valence electrons. The summed E-state index contributed by atoms with van der Waals surface area (Å²) in [5.74, 6) is 0. The van der Waals surface area contributed by atoms with Gasteiger partial charge in [0.1, 0.15) is 29.3 Å². The van der Waals surface area contributed by atoms with E-state index in [0.717, 1.165) is 29.5 Å². The fraction of sp³-hybridized carbons (Fsp3) is 0.486. The number of benzene rings is 3. The molecule has 1 heterocycles. The maximum atomic E-state index is 13.9. The van der Waals surface area contributed by atoms with Gasteiger partial charge < -0.3 is 18.9 Å². The Morgan fingerprint density at radius 3 is 1.68 bits per heavy atom. The Kier molecular flexibility index (Phi) is 11.8. The third-order valence-electron chi connectivity index (χ3n) is 8.04. The second-order valence-electron chi connectivity index (χ2n) is 12.8. The summed E-state index contributed by atoms with van der Waals surface area (Å²) in [4.78, 5) is 15.8. The number of rotatable bonds is 11. The highest BCUT2D eigenvalue weighted by molar-refractivity contribution is 8.00. The minimum Gasteiger partial charge on any atom is -0.444 e. The lowest BCUT2D eigenvalue weighted by atomic mass is 10.00. The van der Waals surface area contributed by atoms with Crippen LogP contribution in [0.1, 0.15) is 69.6 Å². The van der Waals surface area contributed by atoms with Gasteiger partial charge in [0.05, 0.1) is 26.4 Å². The van der Waals surface area contributed by atoms with E-state index in [1.54, 1.807) is 0 Å². The minimum absolute atomic E-state index is 0.283. The zero-order valence-corrected chi connectivity index (χ0v) is 27.1. The molecule has 0 N–H and O–H groups in total. The number of nitrogens with zero attached hydrogens (tertiary/aromatic N) is 1. The molecule has 1 aliphatic heterocycles. The second kappa shape index (κ2) is 15.9. The Morgan fingerprint density at radius 2 is 1.18 bits per heavy atom. The molecule has 7 heteroatoms. The van der Waals surface area contributed by atoms with Gasteiger partial charge in [-0.3, -0.25) is 4.90 Å². The highest BCUT2D eigenvalue weighted by Crippen LogP contribution is 2.40. The fourth-order valence-corrected chi connectivity index (χ4v) is 7.55. The molecular weight excluding hydrogens is 570 g/mol. The van der Waals surface area contributed by atoms with Gasteiger partial charge in [-0.25, -0.2) is 4.79 Å². The average Bonchev–Trinajstić information content (AvgIpc) is 3.03. The van der Waals surface area contributed by atoms with Gasteiger partial charge in [0.15, 0.2) is 0 Å². The minimum atomic E-state index is -0.626. The molecule has 1 aliphatic carbocycles. The van der Waals surface area contributed by atoms with Crippen LogP contribution >= 0.6 is 11.8 Å². The summed E-state index contributed by atoms with van der Waals surface area (Å²) >= 11 is 1.85. The summed E-state index contributed by atoms with van der Waals surface area (Å²) in [7, 11) is 0. The highest BCUT2D eigenvalue weighted by Gasteiger charge is 2.49. The first-order chi connectivity index (χ1) is 21.4. The Morgan fingerprint density at radius 1 is 0.705 bits per heavy atom. The van der Waals surface area contributed by atoms with E-state index < -0.39 is 23.9 Å². The number of amides is 1. The first-order valence-electron chi connectivity index (χ1n) is 16.0. The monoisotopic (exact) mass is 617 g/mol. The lowest BCUT2D eigenvalue weighted by Gasteiger charge is -2.49. The first kappa shape index (κ1) is 32.6. The molecular formula is C37H47NO5S. The average molecular weight is 618 g/mol. The largest absolute Gasteiger partial charge is 0.444 e. The number of carbonyl (C=O) groups is 1. The molecule has 0 bridgehead atoms. The Labute approximate surface area is 267 Å². The van der Waals surface area contributed by atoms with Crippen molar-refractivity contribution in [3.8, 4) is 0 Å². The number of likely N-dealkylation sites (tertiary alicyclic amines) is 1. The van der Waals surface area contributed by atoms with Crippen LogP contribution in [0.5, 0.6) is 0 Å². The van der Waals surface area contributed by atoms with Gasteiger partial charge in [0.2, 0.25) is 0 Å². The molecule has 1 amide bonds. The van der Waals surface area contributed by atoms with Crippen molar-refractivity contribution in [2.45, 2.75) is 107 Å². The zero-order chi connectivity index (χ0) is 30.8. The summed E-state index contributed by atoms with van der Waals surface area (Å²) in [6.45, 7) is 7.34. The van der Waals surface area contributed by atoms with E-state index in [9.17, 15) is 4.79 Å². The van der Waals surface area contributed by atoms with E-state index in [-0.39, 0.29) is 11.5 Å². The van der Waals surface area contributed by atoms with Crippen LogP contribution in [0.4, 0.5) is 4.79 Å². The maximum absolute atomic E-state index is 13.9. The van der Waals surface area contributed by atoms with E-state index in [1.807, 2.05) is 92.0 Å². The summed E-state index contributed by atoms with van der Waals surface area (Å²) in [6.07, 6.45) is 4.37. The van der Waals surface area contributed by atoms with E-state index >= 15 is 0 Å². The lowest BCUT2D eigenvalue weighted by molar-refractivity contribution is -0.187. The van der Waals surface area contributed by atoms with Crippen molar-refractivity contribution in [1.82, 2.24) is 4.90 Å². The van der Waals surface area contributed by atoms with Crippen molar-refractivity contribution < 1.29 is 23.7 Å². The highest BCUT2D eigenvalue weighted by atomic mass is 32.2. The van der Waals surface area contributed by atoms with Crippen LogP contribution in [0.15, 0.2) is 91.0 Å². The first-order valence-corrected chi connectivity index (χ1v) is 16.9. The molecule has 0 radical (unpaired) electrons. The third-order valence-corrected chi connectivity index (χ3v) is 9.70. The smallest absolute Gasteiger partial charge is 0.411 e. The molecule has 4 atom stereocenters. The molecule has 2 aliphatic rings. The van der Waals surface area contributed by atoms with Crippen LogP contribution in [-0.2, 0) is 38.8 Å². The van der Waals surface area contributed by atoms with Crippen molar-refractivity contribution >= 4 is 17.9 Å². The molecule has 0 spiro atoms. The van der Waals surface area contributed by atoms with Gasteiger partial charge in [0, 0.05) is 5.25 Å². The topological polar surface area (TPSA) is 57.2 Å². The summed E-state index contributed by atoms with van der Waals surface area (Å²) in [6, 6.07) is 30.5. The molecule has 2 fully saturated rings. The molecule has 3 aromatic rings. The zero-order valence-electron chi connectivity index (χ0n) is 26.3. The predicted octanol–water partition coefficient (Wildman–Crippen LogP) is 8.39. The lowest BCUT2D eigenvalue weighted by Crippen LogP contribution is -2.64. The van der Waals surface area contributed by atoms with E-state index in [0.29, 0.717) is 31.6 Å². The summed E-state index contributed by atoms with van der Waals surface area (Å²) in [5.41, 5.74) is 2.60. The third kappa shape index (κ3) is 9.58. The molecule has 5 rings (SSSR count). The van der Waals surface area contributed by atoms with E-state index in [2.05, 4.69) is 36.4 Å². The molecule has 1 saturated heterocycles. The van der Waals surface area contributed by atoms with Crippen molar-refractivity contribution in [2.75, 3.05) is 6.54 Å². The van der Waals surface area contributed by atoms with Gasteiger partial charge in [-0.05, 0) is 50.3 Å². The van der Waals surface area contributed by atoms with Gasteiger partial charge in [-0.1, -0.05) is 110 Å². The van der Waals surface area contributed by atoms with Gasteiger partial charge >= 0.3 is 6.09 Å². The van der Waals surface area contributed by atoms with Gasteiger partial charge in [-0.2, -0.15) is 0 Å². The SMILES string of the molecule is CC(C)(C)OC(=O)N1C[C@@H](OCc2ccccc2)[C@@H](OCc2ccccc2)[C@H](OCc2ccccc2)[C@H]1SC1CCCCC1. The van der Waals surface area contributed by atoms with E-state index in [4.69, 9.17) is 18.9 Å². The number of piperidine rings is 1. The quantitative estimate of drug-likeness (QED) is 0.215.